The van der Waals surface area contributed by atoms with Crippen LogP contribution in [-0.2, 0) is 20.7 Å². The van der Waals surface area contributed by atoms with Crippen LogP contribution in [0.5, 0.6) is 11.5 Å². The van der Waals surface area contributed by atoms with Crippen molar-refractivity contribution in [2.45, 2.75) is 12.5 Å². The first kappa shape index (κ1) is 20.5. The summed E-state index contributed by atoms with van der Waals surface area (Å²) in [4.78, 5) is 44.1. The predicted molar refractivity (Wildman–Crippen MR) is 102 cm³/mol. The number of carboxylic acid groups (broad SMARTS) is 1. The Bertz CT molecular complexity index is 1060. The third-order valence-electron chi connectivity index (χ3n) is 4.07. The molecule has 1 fully saturated rings. The maximum Gasteiger partial charge on any atom is 0.419 e. The number of imide groups is 1. The van der Waals surface area contributed by atoms with Gasteiger partial charge in [0.15, 0.2) is 5.76 Å². The molecule has 0 aromatic heterocycles. The number of ether oxygens (including phenoxy) is 2. The quantitative estimate of drug-likeness (QED) is 0.348. The minimum Gasteiger partial charge on any atom is -0.480 e. The van der Waals surface area contributed by atoms with E-state index >= 15 is 0 Å². The van der Waals surface area contributed by atoms with Gasteiger partial charge in [0.1, 0.15) is 17.5 Å². The number of nitro groups is 1. The van der Waals surface area contributed by atoms with Gasteiger partial charge in [0.05, 0.1) is 11.0 Å². The molecular weight excluding hydrogens is 398 g/mol. The lowest BCUT2D eigenvalue weighted by Crippen LogP contribution is -2.32. The number of cyclic esters (lactones) is 1. The van der Waals surface area contributed by atoms with Crippen molar-refractivity contribution in [1.29, 1.82) is 0 Å². The number of nitrogens with two attached hydrogens (primary N) is 1. The Morgan fingerprint density at radius 3 is 2.47 bits per heavy atom. The van der Waals surface area contributed by atoms with Gasteiger partial charge in [-0.25, -0.2) is 4.79 Å². The number of carboxylic acids is 1. The van der Waals surface area contributed by atoms with Crippen molar-refractivity contribution in [3.63, 3.8) is 0 Å². The van der Waals surface area contributed by atoms with Crippen LogP contribution in [-0.4, -0.2) is 34.0 Å². The monoisotopic (exact) mass is 413 g/mol. The number of rotatable bonds is 7. The highest BCUT2D eigenvalue weighted by Gasteiger charge is 2.26. The van der Waals surface area contributed by atoms with Gasteiger partial charge in [-0.3, -0.25) is 25.0 Å². The first-order valence-electron chi connectivity index (χ1n) is 8.51. The molecule has 1 heterocycles. The fraction of sp³-hybridized carbons (Fsp3) is 0.105. The number of carbonyl (C=O) groups is 3. The van der Waals surface area contributed by atoms with Gasteiger partial charge in [-0.15, -0.1) is 0 Å². The average Bonchev–Trinajstić information content (AvgIpc) is 3.01. The number of alkyl carbamates (subject to hydrolysis) is 1. The van der Waals surface area contributed by atoms with Gasteiger partial charge in [-0.05, 0) is 35.9 Å². The van der Waals surface area contributed by atoms with Crippen molar-refractivity contribution in [2.24, 2.45) is 5.73 Å². The number of nitrogens with one attached hydrogen (secondary N) is 1. The van der Waals surface area contributed by atoms with E-state index in [0.717, 1.165) is 0 Å². The summed E-state index contributed by atoms with van der Waals surface area (Å²) in [6, 6.07) is 9.08. The molecular formula is C19H15N3O8. The van der Waals surface area contributed by atoms with Gasteiger partial charge in [-0.1, -0.05) is 12.1 Å². The summed E-state index contributed by atoms with van der Waals surface area (Å²) < 4.78 is 10.3. The summed E-state index contributed by atoms with van der Waals surface area (Å²) in [6.45, 7) is 0. The van der Waals surface area contributed by atoms with Crippen molar-refractivity contribution in [1.82, 2.24) is 5.32 Å². The molecule has 11 heteroatoms. The van der Waals surface area contributed by atoms with E-state index in [1.165, 1.54) is 24.3 Å². The Kier molecular flexibility index (Phi) is 5.74. The second-order valence-electron chi connectivity index (χ2n) is 6.22. The van der Waals surface area contributed by atoms with Gasteiger partial charge < -0.3 is 20.3 Å². The smallest absolute Gasteiger partial charge is 0.419 e. The molecule has 1 aliphatic rings. The molecule has 0 saturated carbocycles. The van der Waals surface area contributed by atoms with Crippen LogP contribution in [0.2, 0.25) is 0 Å². The molecule has 3 rings (SSSR count). The van der Waals surface area contributed by atoms with Gasteiger partial charge >= 0.3 is 12.1 Å². The van der Waals surface area contributed by atoms with E-state index in [0.29, 0.717) is 11.3 Å². The van der Waals surface area contributed by atoms with Crippen LogP contribution in [0.15, 0.2) is 48.2 Å². The number of hydrogen-bond acceptors (Lipinski definition) is 8. The van der Waals surface area contributed by atoms with Crippen LogP contribution in [0.1, 0.15) is 11.1 Å². The molecule has 1 aliphatic heterocycles. The van der Waals surface area contributed by atoms with Gasteiger partial charge in [0.2, 0.25) is 0 Å². The molecule has 0 bridgehead atoms. The van der Waals surface area contributed by atoms with Crippen LogP contribution >= 0.6 is 0 Å². The first-order chi connectivity index (χ1) is 14.2. The maximum atomic E-state index is 11.5. The largest absolute Gasteiger partial charge is 0.480 e. The molecule has 0 radical (unpaired) electrons. The third kappa shape index (κ3) is 4.77. The summed E-state index contributed by atoms with van der Waals surface area (Å²) in [7, 11) is 0. The molecule has 30 heavy (non-hydrogen) atoms. The fourth-order valence-electron chi connectivity index (χ4n) is 2.61. The second kappa shape index (κ2) is 8.41. The zero-order valence-corrected chi connectivity index (χ0v) is 15.2. The molecule has 0 aliphatic carbocycles. The van der Waals surface area contributed by atoms with Crippen molar-refractivity contribution < 1.29 is 33.9 Å². The molecule has 2 aromatic carbocycles. The van der Waals surface area contributed by atoms with E-state index < -0.39 is 28.9 Å². The summed E-state index contributed by atoms with van der Waals surface area (Å²) in [6.07, 6.45) is 0.323. The molecule has 1 saturated heterocycles. The normalized spacial score (nSPS) is 15.4. The molecule has 4 N–H and O–H groups in total. The highest BCUT2D eigenvalue weighted by molar-refractivity contribution is 6.09. The lowest BCUT2D eigenvalue weighted by Gasteiger charge is -2.10. The van der Waals surface area contributed by atoms with Crippen LogP contribution < -0.4 is 15.8 Å². The zero-order chi connectivity index (χ0) is 21.8. The van der Waals surface area contributed by atoms with Gasteiger partial charge in [0.25, 0.3) is 11.6 Å². The van der Waals surface area contributed by atoms with Crippen LogP contribution in [0, 0.1) is 10.1 Å². The third-order valence-corrected chi connectivity index (χ3v) is 4.07. The van der Waals surface area contributed by atoms with E-state index in [1.54, 1.807) is 24.3 Å². The van der Waals surface area contributed by atoms with Crippen LogP contribution in [0.3, 0.4) is 0 Å². The van der Waals surface area contributed by atoms with Crippen molar-refractivity contribution in [3.8, 4) is 11.5 Å². The summed E-state index contributed by atoms with van der Waals surface area (Å²) >= 11 is 0. The van der Waals surface area contributed by atoms with Crippen LogP contribution in [0.25, 0.3) is 6.08 Å². The average molecular weight is 413 g/mol. The van der Waals surface area contributed by atoms with Gasteiger partial charge in [0, 0.05) is 12.0 Å². The molecule has 0 spiro atoms. The molecule has 1 unspecified atom stereocenters. The molecule has 1 atom stereocenters. The Hall–Kier alpha value is -4.25. The Balaban J connectivity index is 1.76. The minimum absolute atomic E-state index is 0.139. The lowest BCUT2D eigenvalue weighted by molar-refractivity contribution is -0.385. The number of aliphatic carboxylic acids is 1. The lowest BCUT2D eigenvalue weighted by atomic mass is 10.0. The van der Waals surface area contributed by atoms with E-state index in [2.05, 4.69) is 0 Å². The number of nitro benzene ring substituents is 1. The number of carbonyl (C=O) groups excluding carboxylic acids is 2. The van der Waals surface area contributed by atoms with Crippen LogP contribution in [0.4, 0.5) is 10.5 Å². The number of hydrogen-bond donors (Lipinski definition) is 3. The minimum atomic E-state index is -1.27. The highest BCUT2D eigenvalue weighted by atomic mass is 16.6. The number of nitrogens with zero attached hydrogens (tertiary/aromatic N) is 1. The van der Waals surface area contributed by atoms with Crippen molar-refractivity contribution in [3.05, 3.63) is 69.5 Å². The predicted octanol–water partition coefficient (Wildman–Crippen LogP) is 1.95. The Morgan fingerprint density at radius 1 is 1.23 bits per heavy atom. The van der Waals surface area contributed by atoms with E-state index in [4.69, 9.17) is 20.3 Å². The maximum absolute atomic E-state index is 11.5. The van der Waals surface area contributed by atoms with E-state index in [9.17, 15) is 24.5 Å². The van der Waals surface area contributed by atoms with Crippen molar-refractivity contribution in [2.75, 3.05) is 0 Å². The molecule has 154 valence electrons. The summed E-state index contributed by atoms with van der Waals surface area (Å²) in [5.74, 6) is -1.52. The molecule has 11 nitrogen and oxygen atoms in total. The standard InChI is InChI=1S/C19H15N3O8/c20-14(18(24)25)8-11-3-6-13(9-15(11)22(27)28)29-12-4-1-10(2-5-12)7-16-17(23)21-19(26)30-16/h1-7,9,14H,8,20H2,(H,24,25)(H,21,23,26). The van der Waals surface area contributed by atoms with Crippen molar-refractivity contribution >= 4 is 29.7 Å². The summed E-state index contributed by atoms with van der Waals surface area (Å²) in [5, 5.41) is 22.2. The zero-order valence-electron chi connectivity index (χ0n) is 15.2. The fourth-order valence-corrected chi connectivity index (χ4v) is 2.61. The Morgan fingerprint density at radius 2 is 1.90 bits per heavy atom. The van der Waals surface area contributed by atoms with E-state index in [1.807, 2.05) is 5.32 Å². The Labute approximate surface area is 168 Å². The molecule has 2 amide bonds. The van der Waals surface area contributed by atoms with E-state index in [-0.39, 0.29) is 29.2 Å². The number of amides is 2. The first-order valence-corrected chi connectivity index (χ1v) is 8.51. The summed E-state index contributed by atoms with van der Waals surface area (Å²) in [5.41, 5.74) is 5.89. The van der Waals surface area contributed by atoms with Gasteiger partial charge in [-0.2, -0.15) is 0 Å². The SMILES string of the molecule is NC(Cc1ccc(Oc2ccc(C=C3OC(=O)NC3=O)cc2)cc1[N+](=O)[O-])C(=O)O. The topological polar surface area (TPSA) is 171 Å². The molecule has 2 aromatic rings. The highest BCUT2D eigenvalue weighted by Crippen LogP contribution is 2.29. The second-order valence-corrected chi connectivity index (χ2v) is 6.22. The number of benzene rings is 2.